The zero-order valence-electron chi connectivity index (χ0n) is 19.8. The molecule has 8 heteroatoms. The lowest BCUT2D eigenvalue weighted by atomic mass is 10.1. The maximum Gasteiger partial charge on any atom is 0.264 e. The largest absolute Gasteiger partial charge is 0.492 e. The molecule has 0 unspecified atom stereocenters. The quantitative estimate of drug-likeness (QED) is 0.421. The van der Waals surface area contributed by atoms with E-state index in [1.165, 1.54) is 12.1 Å². The van der Waals surface area contributed by atoms with Gasteiger partial charge in [-0.15, -0.1) is 0 Å². The van der Waals surface area contributed by atoms with Gasteiger partial charge in [-0.2, -0.15) is 0 Å². The number of benzene rings is 3. The number of ether oxygens (including phenoxy) is 1. The summed E-state index contributed by atoms with van der Waals surface area (Å²) in [5.74, 6) is 0.281. The van der Waals surface area contributed by atoms with E-state index in [1.807, 2.05) is 32.9 Å². The SMILES string of the molecule is Cc1ccc(S(=O)(=O)N(CC(=O)NCCOc2cc(C)cc(C)c2)c2cccc(Cl)c2C)cc1. The van der Waals surface area contributed by atoms with E-state index in [2.05, 4.69) is 11.4 Å². The number of carbonyl (C=O) groups is 1. The first kappa shape index (κ1) is 25.6. The summed E-state index contributed by atoms with van der Waals surface area (Å²) in [5, 5.41) is 3.17. The topological polar surface area (TPSA) is 75.7 Å². The highest BCUT2D eigenvalue weighted by atomic mass is 35.5. The number of carbonyl (C=O) groups excluding carboxylic acids is 1. The van der Waals surface area contributed by atoms with Crippen molar-refractivity contribution in [2.24, 2.45) is 0 Å². The molecule has 34 heavy (non-hydrogen) atoms. The van der Waals surface area contributed by atoms with Crippen LogP contribution < -0.4 is 14.4 Å². The second-order valence-electron chi connectivity index (χ2n) is 8.23. The monoisotopic (exact) mass is 500 g/mol. The third kappa shape index (κ3) is 6.30. The highest BCUT2D eigenvalue weighted by Gasteiger charge is 2.28. The maximum absolute atomic E-state index is 13.5. The summed E-state index contributed by atoms with van der Waals surface area (Å²) in [7, 11) is -4.01. The molecule has 0 bridgehead atoms. The summed E-state index contributed by atoms with van der Waals surface area (Å²) in [6.07, 6.45) is 0. The number of amides is 1. The average molecular weight is 501 g/mol. The molecule has 180 valence electrons. The summed E-state index contributed by atoms with van der Waals surface area (Å²) in [6, 6.07) is 17.4. The Bertz CT molecular complexity index is 1250. The number of nitrogens with zero attached hydrogens (tertiary/aromatic N) is 1. The summed E-state index contributed by atoms with van der Waals surface area (Å²) in [5.41, 5.74) is 4.05. The van der Waals surface area contributed by atoms with Gasteiger partial charge in [-0.25, -0.2) is 8.42 Å². The molecule has 0 spiro atoms. The molecule has 0 atom stereocenters. The molecule has 0 aromatic heterocycles. The number of halogens is 1. The van der Waals surface area contributed by atoms with Crippen molar-refractivity contribution in [2.75, 3.05) is 24.0 Å². The minimum atomic E-state index is -4.01. The van der Waals surface area contributed by atoms with E-state index in [-0.39, 0.29) is 24.6 Å². The third-order valence-electron chi connectivity index (χ3n) is 5.29. The first-order valence-corrected chi connectivity index (χ1v) is 12.7. The second-order valence-corrected chi connectivity index (χ2v) is 10.5. The van der Waals surface area contributed by atoms with E-state index in [0.717, 1.165) is 26.7 Å². The van der Waals surface area contributed by atoms with Crippen molar-refractivity contribution in [1.82, 2.24) is 5.32 Å². The standard InChI is InChI=1S/C26H29ClN2O4S/c1-18-8-10-23(11-9-18)34(31,32)29(25-7-5-6-24(27)21(25)4)17-26(30)28-12-13-33-22-15-19(2)14-20(3)16-22/h5-11,14-16H,12-13,17H2,1-4H3,(H,28,30). The van der Waals surface area contributed by atoms with Gasteiger partial charge in [-0.05, 0) is 80.8 Å². The van der Waals surface area contributed by atoms with E-state index in [0.29, 0.717) is 16.3 Å². The molecular formula is C26H29ClN2O4S. The third-order valence-corrected chi connectivity index (χ3v) is 7.48. The van der Waals surface area contributed by atoms with Crippen LogP contribution in [-0.4, -0.2) is 34.0 Å². The first-order chi connectivity index (χ1) is 16.1. The van der Waals surface area contributed by atoms with Gasteiger partial charge in [0.15, 0.2) is 0 Å². The van der Waals surface area contributed by atoms with E-state index < -0.39 is 15.9 Å². The Morgan fingerprint density at radius 3 is 2.24 bits per heavy atom. The number of rotatable bonds is 9. The molecule has 0 aliphatic carbocycles. The van der Waals surface area contributed by atoms with E-state index >= 15 is 0 Å². The lowest BCUT2D eigenvalue weighted by Gasteiger charge is -2.26. The predicted molar refractivity (Wildman–Crippen MR) is 136 cm³/mol. The molecule has 0 aliphatic heterocycles. The lowest BCUT2D eigenvalue weighted by molar-refractivity contribution is -0.119. The van der Waals surface area contributed by atoms with Crippen molar-refractivity contribution in [1.29, 1.82) is 0 Å². The molecule has 0 aliphatic rings. The van der Waals surface area contributed by atoms with Gasteiger partial charge in [-0.1, -0.05) is 41.4 Å². The van der Waals surface area contributed by atoms with Gasteiger partial charge < -0.3 is 10.1 Å². The zero-order valence-corrected chi connectivity index (χ0v) is 21.3. The molecule has 0 radical (unpaired) electrons. The fourth-order valence-electron chi connectivity index (χ4n) is 3.57. The molecule has 3 aromatic carbocycles. The van der Waals surface area contributed by atoms with Crippen LogP contribution in [0, 0.1) is 27.7 Å². The number of hydrogen-bond donors (Lipinski definition) is 1. The Hall–Kier alpha value is -3.03. The van der Waals surface area contributed by atoms with Crippen molar-refractivity contribution in [3.8, 4) is 5.75 Å². The highest BCUT2D eigenvalue weighted by Crippen LogP contribution is 2.30. The Morgan fingerprint density at radius 1 is 0.941 bits per heavy atom. The number of sulfonamides is 1. The molecule has 0 saturated carbocycles. The fraction of sp³-hybridized carbons (Fsp3) is 0.269. The van der Waals surface area contributed by atoms with Crippen molar-refractivity contribution >= 4 is 33.2 Å². The van der Waals surface area contributed by atoms with Crippen LogP contribution in [0.15, 0.2) is 65.6 Å². The van der Waals surface area contributed by atoms with Gasteiger partial charge in [-0.3, -0.25) is 9.10 Å². The Balaban J connectivity index is 1.75. The minimum Gasteiger partial charge on any atom is -0.492 e. The normalized spacial score (nSPS) is 11.2. The smallest absolute Gasteiger partial charge is 0.264 e. The van der Waals surface area contributed by atoms with E-state index in [1.54, 1.807) is 37.3 Å². The van der Waals surface area contributed by atoms with Crippen LogP contribution in [0.3, 0.4) is 0 Å². The molecule has 1 N–H and O–H groups in total. The summed E-state index contributed by atoms with van der Waals surface area (Å²) in [6.45, 7) is 7.69. The molecular weight excluding hydrogens is 472 g/mol. The maximum atomic E-state index is 13.5. The molecule has 0 fully saturated rings. The van der Waals surface area contributed by atoms with Crippen LogP contribution in [0.1, 0.15) is 22.3 Å². The fourth-order valence-corrected chi connectivity index (χ4v) is 5.21. The first-order valence-electron chi connectivity index (χ1n) is 10.9. The average Bonchev–Trinajstić information content (AvgIpc) is 2.77. The van der Waals surface area contributed by atoms with Gasteiger partial charge in [0.1, 0.15) is 18.9 Å². The number of aryl methyl sites for hydroxylation is 3. The number of hydrogen-bond acceptors (Lipinski definition) is 4. The summed E-state index contributed by atoms with van der Waals surface area (Å²) < 4.78 is 33.8. The van der Waals surface area contributed by atoms with Crippen LogP contribution >= 0.6 is 11.6 Å². The van der Waals surface area contributed by atoms with Crippen LogP contribution in [0.4, 0.5) is 5.69 Å². The molecule has 0 saturated heterocycles. The van der Waals surface area contributed by atoms with Crippen LogP contribution in [0.25, 0.3) is 0 Å². The van der Waals surface area contributed by atoms with Gasteiger partial charge in [0.05, 0.1) is 17.1 Å². The van der Waals surface area contributed by atoms with Crippen LogP contribution in [0.2, 0.25) is 5.02 Å². The molecule has 3 rings (SSSR count). The van der Waals surface area contributed by atoms with E-state index in [9.17, 15) is 13.2 Å². The second kappa shape index (κ2) is 10.9. The van der Waals surface area contributed by atoms with Crippen molar-refractivity contribution in [3.05, 3.63) is 87.9 Å². The number of nitrogens with one attached hydrogen (secondary N) is 1. The minimum absolute atomic E-state index is 0.100. The summed E-state index contributed by atoms with van der Waals surface area (Å²) in [4.78, 5) is 12.9. The van der Waals surface area contributed by atoms with Crippen molar-refractivity contribution in [2.45, 2.75) is 32.6 Å². The predicted octanol–water partition coefficient (Wildman–Crippen LogP) is 4.96. The molecule has 0 heterocycles. The van der Waals surface area contributed by atoms with Gasteiger partial charge in [0.2, 0.25) is 5.91 Å². The van der Waals surface area contributed by atoms with Crippen LogP contribution in [0.5, 0.6) is 5.75 Å². The van der Waals surface area contributed by atoms with Gasteiger partial charge >= 0.3 is 0 Å². The molecule has 3 aromatic rings. The van der Waals surface area contributed by atoms with Gasteiger partial charge in [0.25, 0.3) is 10.0 Å². The molecule has 6 nitrogen and oxygen atoms in total. The van der Waals surface area contributed by atoms with E-state index in [4.69, 9.17) is 16.3 Å². The van der Waals surface area contributed by atoms with Gasteiger partial charge in [0, 0.05) is 5.02 Å². The highest BCUT2D eigenvalue weighted by molar-refractivity contribution is 7.92. The number of anilines is 1. The Kier molecular flexibility index (Phi) is 8.23. The Labute approximate surface area is 206 Å². The zero-order chi connectivity index (χ0) is 24.9. The van der Waals surface area contributed by atoms with Crippen molar-refractivity contribution in [3.63, 3.8) is 0 Å². The van der Waals surface area contributed by atoms with Crippen molar-refractivity contribution < 1.29 is 17.9 Å². The van der Waals surface area contributed by atoms with Crippen LogP contribution in [-0.2, 0) is 14.8 Å². The lowest BCUT2D eigenvalue weighted by Crippen LogP contribution is -2.42. The molecule has 1 amide bonds. The Morgan fingerprint density at radius 2 is 1.59 bits per heavy atom. The summed E-state index contributed by atoms with van der Waals surface area (Å²) >= 11 is 6.26.